The number of anilines is 1. The molecule has 4 aromatic heterocycles. The van der Waals surface area contributed by atoms with E-state index in [-0.39, 0.29) is 47.6 Å². The first-order valence-electron chi connectivity index (χ1n) is 17.1. The third kappa shape index (κ3) is 6.86. The number of halogens is 1. The van der Waals surface area contributed by atoms with E-state index >= 15 is 0 Å². The Labute approximate surface area is 303 Å². The van der Waals surface area contributed by atoms with Gasteiger partial charge in [0.1, 0.15) is 17.6 Å². The van der Waals surface area contributed by atoms with Crippen LogP contribution in [-0.4, -0.2) is 54.4 Å². The molecule has 0 bridgehead atoms. The molecule has 1 aliphatic heterocycles. The number of piperidine rings is 1. The number of carbonyl (C=O) groups excluding carboxylic acids is 3. The third-order valence-electron chi connectivity index (χ3n) is 9.36. The van der Waals surface area contributed by atoms with Gasteiger partial charge in [-0.05, 0) is 70.8 Å². The van der Waals surface area contributed by atoms with Gasteiger partial charge in [0, 0.05) is 43.9 Å². The van der Waals surface area contributed by atoms with Gasteiger partial charge in [0.2, 0.25) is 11.8 Å². The molecule has 5 heterocycles. The van der Waals surface area contributed by atoms with E-state index in [0.29, 0.717) is 12.1 Å². The van der Waals surface area contributed by atoms with Gasteiger partial charge in [0.15, 0.2) is 5.82 Å². The van der Waals surface area contributed by atoms with Gasteiger partial charge in [0.25, 0.3) is 5.91 Å². The summed E-state index contributed by atoms with van der Waals surface area (Å²) in [6.45, 7) is 4.18. The zero-order valence-electron chi connectivity index (χ0n) is 29.5. The number of pyridine rings is 3. The Hall–Kier alpha value is -6.68. The molecule has 0 spiro atoms. The summed E-state index contributed by atoms with van der Waals surface area (Å²) in [6.07, 6.45) is 4.89. The highest BCUT2D eigenvalue weighted by atomic mass is 19.1. The fraction of sp³-hybridized carbons (Fsp3) is 0.225. The predicted molar refractivity (Wildman–Crippen MR) is 199 cm³/mol. The lowest BCUT2D eigenvalue weighted by Gasteiger charge is -2.22. The average molecular weight is 711 g/mol. The summed E-state index contributed by atoms with van der Waals surface area (Å²) in [7, 11) is 3.60. The molecule has 53 heavy (non-hydrogen) atoms. The normalized spacial score (nSPS) is 14.3. The number of imide groups is 1. The van der Waals surface area contributed by atoms with E-state index in [1.807, 2.05) is 24.4 Å². The molecular weight excluding hydrogens is 675 g/mol. The van der Waals surface area contributed by atoms with Crippen molar-refractivity contribution in [2.24, 2.45) is 14.1 Å². The topological polar surface area (TPSA) is 153 Å². The maximum absolute atomic E-state index is 14.4. The van der Waals surface area contributed by atoms with E-state index < -0.39 is 23.7 Å². The summed E-state index contributed by atoms with van der Waals surface area (Å²) in [5.74, 6) is 3.93. The first kappa shape index (κ1) is 34.8. The largest absolute Gasteiger partial charge is 0.358 e. The van der Waals surface area contributed by atoms with Crippen LogP contribution in [0.2, 0.25) is 0 Å². The smallest absolute Gasteiger partial charge is 0.328 e. The van der Waals surface area contributed by atoms with Crippen molar-refractivity contribution in [2.45, 2.75) is 38.6 Å². The van der Waals surface area contributed by atoms with Crippen LogP contribution in [-0.2, 0) is 23.7 Å². The molecular formula is C40H35FN8O4. The lowest BCUT2D eigenvalue weighted by Crippen LogP contribution is -2.47. The highest BCUT2D eigenvalue weighted by molar-refractivity contribution is 6.02. The number of nitrogens with zero attached hydrogens (tertiary/aromatic N) is 5. The minimum Gasteiger partial charge on any atom is -0.358 e. The van der Waals surface area contributed by atoms with Gasteiger partial charge >= 0.3 is 5.69 Å². The molecule has 13 heteroatoms. The van der Waals surface area contributed by atoms with Gasteiger partial charge in [0.05, 0.1) is 35.0 Å². The van der Waals surface area contributed by atoms with Crippen LogP contribution in [0.5, 0.6) is 0 Å². The molecule has 3 N–H and O–H groups in total. The van der Waals surface area contributed by atoms with Crippen molar-refractivity contribution in [3.63, 3.8) is 0 Å². The Morgan fingerprint density at radius 3 is 2.57 bits per heavy atom. The zero-order valence-corrected chi connectivity index (χ0v) is 29.5. The first-order chi connectivity index (χ1) is 25.5. The number of hydrogen-bond acceptors (Lipinski definition) is 8. The molecule has 0 saturated carbocycles. The number of benzene rings is 2. The highest BCUT2D eigenvalue weighted by Gasteiger charge is 2.27. The molecule has 1 aliphatic rings. The van der Waals surface area contributed by atoms with E-state index in [9.17, 15) is 23.6 Å². The lowest BCUT2D eigenvalue weighted by molar-refractivity contribution is -0.133. The number of imidazole rings is 1. The number of fused-ring (bicyclic) bond motifs is 2. The molecule has 1 saturated heterocycles. The second-order valence-electron chi connectivity index (χ2n) is 13.2. The minimum absolute atomic E-state index is 0.0334. The number of aromatic nitrogens is 5. The molecule has 0 aliphatic carbocycles. The minimum atomic E-state index is -0.673. The van der Waals surface area contributed by atoms with E-state index in [0.717, 1.165) is 50.3 Å². The molecule has 6 aromatic rings. The van der Waals surface area contributed by atoms with Gasteiger partial charge in [-0.3, -0.25) is 38.8 Å². The predicted octanol–water partition coefficient (Wildman–Crippen LogP) is 4.81. The van der Waals surface area contributed by atoms with E-state index in [1.165, 1.54) is 6.07 Å². The zero-order chi connectivity index (χ0) is 37.4. The quantitative estimate of drug-likeness (QED) is 0.158. The average Bonchev–Trinajstić information content (AvgIpc) is 3.37. The van der Waals surface area contributed by atoms with Crippen molar-refractivity contribution in [3.05, 3.63) is 106 Å². The van der Waals surface area contributed by atoms with Crippen LogP contribution in [0.15, 0.2) is 78.0 Å². The Kier molecular flexibility index (Phi) is 9.28. The number of nitrogens with one attached hydrogen (secondary N) is 3. The second-order valence-corrected chi connectivity index (χ2v) is 13.2. The fourth-order valence-electron chi connectivity index (χ4n) is 6.52. The first-order valence-corrected chi connectivity index (χ1v) is 17.1. The number of amides is 3. The molecule has 2 aromatic carbocycles. The fourth-order valence-corrected chi connectivity index (χ4v) is 6.52. The second kappa shape index (κ2) is 14.1. The van der Waals surface area contributed by atoms with Crippen molar-refractivity contribution in [1.29, 1.82) is 0 Å². The van der Waals surface area contributed by atoms with Crippen LogP contribution in [0.25, 0.3) is 44.2 Å². The number of rotatable bonds is 7. The Balaban J connectivity index is 1.04. The molecule has 1 atom stereocenters. The molecule has 7 rings (SSSR count). The Bertz CT molecular complexity index is 2580. The third-order valence-corrected chi connectivity index (χ3v) is 9.36. The molecule has 12 nitrogen and oxygen atoms in total. The molecule has 0 radical (unpaired) electrons. The van der Waals surface area contributed by atoms with Crippen LogP contribution in [0.4, 0.5) is 10.2 Å². The number of carbonyl (C=O) groups is 3. The maximum Gasteiger partial charge on any atom is 0.328 e. The highest BCUT2D eigenvalue weighted by Crippen LogP contribution is 2.35. The number of aryl methyl sites for hydroxylation is 2. The summed E-state index contributed by atoms with van der Waals surface area (Å²) < 4.78 is 17.8. The summed E-state index contributed by atoms with van der Waals surface area (Å²) in [5, 5.41) is 9.75. The van der Waals surface area contributed by atoms with Crippen molar-refractivity contribution >= 4 is 45.3 Å². The maximum atomic E-state index is 14.4. The summed E-state index contributed by atoms with van der Waals surface area (Å²) in [4.78, 5) is 62.1. The molecule has 266 valence electrons. The Morgan fingerprint density at radius 1 is 0.981 bits per heavy atom. The van der Waals surface area contributed by atoms with E-state index in [4.69, 9.17) is 4.98 Å². The monoisotopic (exact) mass is 710 g/mol. The summed E-state index contributed by atoms with van der Waals surface area (Å²) in [5.41, 5.74) is 6.48. The molecule has 1 unspecified atom stereocenters. The van der Waals surface area contributed by atoms with Crippen molar-refractivity contribution in [3.8, 4) is 34.2 Å². The SMILES string of the molecule is CC(C)c1cc(-c2cccc3cc(-c4ccc(C(=O)NCC#Cc5cc(NC6CCC(=O)NC6=O)ncc5F)nc4)ncc23)cc2c1n(C)c(=O)n2C. The van der Waals surface area contributed by atoms with Gasteiger partial charge in [-0.2, -0.15) is 0 Å². The van der Waals surface area contributed by atoms with Crippen LogP contribution in [0.1, 0.15) is 54.2 Å². The molecule has 3 amide bonds. The van der Waals surface area contributed by atoms with Crippen LogP contribution < -0.4 is 21.6 Å². The van der Waals surface area contributed by atoms with Crippen molar-refractivity contribution < 1.29 is 18.8 Å². The summed E-state index contributed by atoms with van der Waals surface area (Å²) >= 11 is 0. The Morgan fingerprint density at radius 2 is 1.81 bits per heavy atom. The summed E-state index contributed by atoms with van der Waals surface area (Å²) in [6, 6.07) is 16.3. The van der Waals surface area contributed by atoms with Crippen molar-refractivity contribution in [2.75, 3.05) is 11.9 Å². The number of hydrogen-bond donors (Lipinski definition) is 3. The van der Waals surface area contributed by atoms with E-state index in [2.05, 4.69) is 69.8 Å². The van der Waals surface area contributed by atoms with Gasteiger partial charge in [-0.1, -0.05) is 43.9 Å². The van der Waals surface area contributed by atoms with Gasteiger partial charge in [-0.25, -0.2) is 14.2 Å². The standard InChI is InChI=1S/C40H35FN8O4/c1-22(2)28-15-26(17-34-37(28)49(4)40(53)48(34)3)27-9-5-7-23-16-33(44-20-29(23)27)25-10-11-31(43-19-25)38(51)42-14-6-8-24-18-35(45-21-30(24)41)46-32-12-13-36(50)47-39(32)52/h5,7,9-11,15-22,32H,12-14H2,1-4H3,(H,42,51)(H,45,46)(H,47,50,52). The van der Waals surface area contributed by atoms with E-state index in [1.54, 1.807) is 41.6 Å². The lowest BCUT2D eigenvalue weighted by atomic mass is 9.93. The van der Waals surface area contributed by atoms with Crippen molar-refractivity contribution in [1.82, 2.24) is 34.7 Å². The van der Waals surface area contributed by atoms with Crippen LogP contribution in [0, 0.1) is 17.7 Å². The molecule has 1 fully saturated rings. The van der Waals surface area contributed by atoms with Gasteiger partial charge in [-0.15, -0.1) is 0 Å². The van der Waals surface area contributed by atoms with Gasteiger partial charge < -0.3 is 10.6 Å². The van der Waals surface area contributed by atoms with Crippen LogP contribution >= 0.6 is 0 Å². The van der Waals surface area contributed by atoms with Crippen LogP contribution in [0.3, 0.4) is 0 Å².